The molecule has 0 saturated carbocycles. The Balaban J connectivity index is 2.04. The van der Waals surface area contributed by atoms with Gasteiger partial charge in [0, 0.05) is 0 Å². The Hall–Kier alpha value is -1.82. The Labute approximate surface area is 141 Å². The Morgan fingerprint density at radius 2 is 1.74 bits per heavy atom. The van der Waals surface area contributed by atoms with Crippen LogP contribution in [0, 0.1) is 0 Å². The van der Waals surface area contributed by atoms with Crippen molar-refractivity contribution in [3.8, 4) is 11.1 Å². The SMILES string of the molecule is CCCCC1=Cc2c(cccc2-c2ccccc2C(C)CC)C1. The standard InChI is InChI=1S/C23H28/c1-4-6-10-18-15-19-11-9-14-22(23(19)16-18)21-13-8-7-12-20(21)17(3)5-2/h7-9,11-14,16-17H,4-6,10,15H2,1-3H3. The molecule has 0 saturated heterocycles. The molecule has 0 nitrogen and oxygen atoms in total. The third-order valence-corrected chi connectivity index (χ3v) is 5.21. The van der Waals surface area contributed by atoms with Crippen LogP contribution in [0.3, 0.4) is 0 Å². The number of unbranched alkanes of at least 4 members (excludes halogenated alkanes) is 1. The van der Waals surface area contributed by atoms with Crippen molar-refractivity contribution in [2.75, 3.05) is 0 Å². The molecule has 0 aromatic heterocycles. The number of fused-ring (bicyclic) bond motifs is 1. The van der Waals surface area contributed by atoms with Gasteiger partial charge in [0.25, 0.3) is 0 Å². The van der Waals surface area contributed by atoms with Gasteiger partial charge in [-0.3, -0.25) is 0 Å². The molecule has 1 aliphatic carbocycles. The van der Waals surface area contributed by atoms with Crippen molar-refractivity contribution in [3.63, 3.8) is 0 Å². The Morgan fingerprint density at radius 3 is 2.52 bits per heavy atom. The van der Waals surface area contributed by atoms with Crippen LogP contribution in [0.5, 0.6) is 0 Å². The van der Waals surface area contributed by atoms with E-state index in [0.717, 1.165) is 6.42 Å². The minimum Gasteiger partial charge on any atom is -0.0654 e. The average Bonchev–Trinajstić information content (AvgIpc) is 3.02. The zero-order chi connectivity index (χ0) is 16.2. The van der Waals surface area contributed by atoms with Gasteiger partial charge < -0.3 is 0 Å². The molecule has 0 spiro atoms. The molecule has 2 aromatic carbocycles. The van der Waals surface area contributed by atoms with Gasteiger partial charge in [0.05, 0.1) is 0 Å². The fraction of sp³-hybridized carbons (Fsp3) is 0.391. The number of rotatable bonds is 6. The quantitative estimate of drug-likeness (QED) is 0.539. The second-order valence-electron chi connectivity index (χ2n) is 6.86. The summed E-state index contributed by atoms with van der Waals surface area (Å²) < 4.78 is 0. The Kier molecular flexibility index (Phi) is 5.00. The fourth-order valence-corrected chi connectivity index (χ4v) is 3.63. The lowest BCUT2D eigenvalue weighted by Gasteiger charge is -2.17. The van der Waals surface area contributed by atoms with E-state index in [1.54, 1.807) is 5.57 Å². The van der Waals surface area contributed by atoms with Crippen molar-refractivity contribution in [1.82, 2.24) is 0 Å². The molecular weight excluding hydrogens is 276 g/mol. The maximum Gasteiger partial charge on any atom is -0.00576 e. The summed E-state index contributed by atoms with van der Waals surface area (Å²) in [5, 5.41) is 0. The lowest BCUT2D eigenvalue weighted by molar-refractivity contribution is 0.735. The average molecular weight is 304 g/mol. The largest absolute Gasteiger partial charge is 0.0654 e. The smallest absolute Gasteiger partial charge is 0.00576 e. The van der Waals surface area contributed by atoms with E-state index in [2.05, 4.69) is 69.3 Å². The topological polar surface area (TPSA) is 0 Å². The predicted molar refractivity (Wildman–Crippen MR) is 102 cm³/mol. The zero-order valence-electron chi connectivity index (χ0n) is 14.7. The number of hydrogen-bond donors (Lipinski definition) is 0. The lowest BCUT2D eigenvalue weighted by atomic mass is 9.87. The van der Waals surface area contributed by atoms with E-state index in [1.807, 2.05) is 0 Å². The molecule has 2 aromatic rings. The van der Waals surface area contributed by atoms with Gasteiger partial charge in [0.15, 0.2) is 0 Å². The second-order valence-corrected chi connectivity index (χ2v) is 6.86. The first-order valence-electron chi connectivity index (χ1n) is 9.15. The van der Waals surface area contributed by atoms with E-state index in [4.69, 9.17) is 0 Å². The molecule has 3 rings (SSSR count). The number of benzene rings is 2. The van der Waals surface area contributed by atoms with Crippen LogP contribution in [0.1, 0.15) is 69.1 Å². The van der Waals surface area contributed by atoms with Gasteiger partial charge in [-0.05, 0) is 59.4 Å². The van der Waals surface area contributed by atoms with E-state index < -0.39 is 0 Å². The molecule has 23 heavy (non-hydrogen) atoms. The van der Waals surface area contributed by atoms with Crippen molar-refractivity contribution < 1.29 is 0 Å². The Morgan fingerprint density at radius 1 is 0.957 bits per heavy atom. The third-order valence-electron chi connectivity index (χ3n) is 5.21. The molecule has 0 aliphatic heterocycles. The summed E-state index contributed by atoms with van der Waals surface area (Å²) in [5.41, 5.74) is 8.91. The highest BCUT2D eigenvalue weighted by Crippen LogP contribution is 2.38. The maximum atomic E-state index is 2.47. The molecule has 120 valence electrons. The van der Waals surface area contributed by atoms with Gasteiger partial charge in [0.2, 0.25) is 0 Å². The minimum absolute atomic E-state index is 0.604. The van der Waals surface area contributed by atoms with Gasteiger partial charge in [0.1, 0.15) is 0 Å². The monoisotopic (exact) mass is 304 g/mol. The molecule has 1 unspecified atom stereocenters. The molecule has 0 amide bonds. The molecular formula is C23H28. The Bertz CT molecular complexity index is 706. The predicted octanol–water partition coefficient (Wildman–Crippen LogP) is 7.00. The molecule has 0 heterocycles. The first-order valence-corrected chi connectivity index (χ1v) is 9.15. The highest BCUT2D eigenvalue weighted by Gasteiger charge is 2.18. The van der Waals surface area contributed by atoms with Crippen molar-refractivity contribution in [2.24, 2.45) is 0 Å². The summed E-state index contributed by atoms with van der Waals surface area (Å²) in [6, 6.07) is 15.8. The maximum absolute atomic E-state index is 2.47. The van der Waals surface area contributed by atoms with Crippen LogP contribution < -0.4 is 0 Å². The van der Waals surface area contributed by atoms with E-state index >= 15 is 0 Å². The van der Waals surface area contributed by atoms with Crippen LogP contribution in [0.25, 0.3) is 17.2 Å². The summed E-state index contributed by atoms with van der Waals surface area (Å²) in [6.07, 6.45) is 8.62. The highest BCUT2D eigenvalue weighted by molar-refractivity contribution is 5.82. The summed E-state index contributed by atoms with van der Waals surface area (Å²) in [5.74, 6) is 0.604. The van der Waals surface area contributed by atoms with Crippen LogP contribution in [0.4, 0.5) is 0 Å². The van der Waals surface area contributed by atoms with Gasteiger partial charge >= 0.3 is 0 Å². The summed E-state index contributed by atoms with van der Waals surface area (Å²) in [4.78, 5) is 0. The van der Waals surface area contributed by atoms with Crippen LogP contribution >= 0.6 is 0 Å². The van der Waals surface area contributed by atoms with Gasteiger partial charge in [-0.1, -0.05) is 81.3 Å². The normalized spacial score (nSPS) is 14.5. The van der Waals surface area contributed by atoms with Crippen LogP contribution in [0.2, 0.25) is 0 Å². The zero-order valence-corrected chi connectivity index (χ0v) is 14.7. The molecule has 1 aliphatic rings. The second kappa shape index (κ2) is 7.17. The van der Waals surface area contributed by atoms with E-state index in [1.165, 1.54) is 53.5 Å². The van der Waals surface area contributed by atoms with Gasteiger partial charge in [-0.25, -0.2) is 0 Å². The molecule has 0 N–H and O–H groups in total. The van der Waals surface area contributed by atoms with Crippen molar-refractivity contribution in [3.05, 3.63) is 64.7 Å². The summed E-state index contributed by atoms with van der Waals surface area (Å²) >= 11 is 0. The van der Waals surface area contributed by atoms with Crippen molar-refractivity contribution in [2.45, 2.75) is 58.8 Å². The van der Waals surface area contributed by atoms with Crippen molar-refractivity contribution in [1.29, 1.82) is 0 Å². The minimum atomic E-state index is 0.604. The van der Waals surface area contributed by atoms with E-state index in [0.29, 0.717) is 5.92 Å². The first-order chi connectivity index (χ1) is 11.2. The van der Waals surface area contributed by atoms with Crippen LogP contribution in [-0.4, -0.2) is 0 Å². The van der Waals surface area contributed by atoms with E-state index in [9.17, 15) is 0 Å². The lowest BCUT2D eigenvalue weighted by Crippen LogP contribution is -1.96. The molecule has 1 atom stereocenters. The summed E-state index contributed by atoms with van der Waals surface area (Å²) in [6.45, 7) is 6.89. The molecule has 0 radical (unpaired) electrons. The number of hydrogen-bond acceptors (Lipinski definition) is 0. The molecule has 0 fully saturated rings. The number of allylic oxidation sites excluding steroid dienone is 1. The molecule has 0 bridgehead atoms. The van der Waals surface area contributed by atoms with E-state index in [-0.39, 0.29) is 0 Å². The van der Waals surface area contributed by atoms with Gasteiger partial charge in [-0.2, -0.15) is 0 Å². The fourth-order valence-electron chi connectivity index (χ4n) is 3.63. The molecule has 0 heteroatoms. The van der Waals surface area contributed by atoms with Crippen LogP contribution in [-0.2, 0) is 6.42 Å². The third kappa shape index (κ3) is 3.27. The van der Waals surface area contributed by atoms with Gasteiger partial charge in [-0.15, -0.1) is 0 Å². The summed E-state index contributed by atoms with van der Waals surface area (Å²) in [7, 11) is 0. The van der Waals surface area contributed by atoms with Crippen molar-refractivity contribution >= 4 is 6.08 Å². The first kappa shape index (κ1) is 16.1. The highest BCUT2D eigenvalue weighted by atomic mass is 14.2. The van der Waals surface area contributed by atoms with Crippen LogP contribution in [0.15, 0.2) is 48.0 Å².